The summed E-state index contributed by atoms with van der Waals surface area (Å²) < 4.78 is 10.6. The first-order valence-electron chi connectivity index (χ1n) is 8.57. The zero-order chi connectivity index (χ0) is 20.1. The van der Waals surface area contributed by atoms with Crippen LogP contribution in [0, 0.1) is 6.92 Å². The van der Waals surface area contributed by atoms with Crippen LogP contribution >= 0.6 is 24.0 Å². The Hall–Kier alpha value is -2.64. The van der Waals surface area contributed by atoms with E-state index in [9.17, 15) is 9.59 Å². The summed E-state index contributed by atoms with van der Waals surface area (Å²) in [5.41, 5.74) is 2.88. The average Bonchev–Trinajstić information content (AvgIpc) is 2.96. The minimum atomic E-state index is -0.473. The fourth-order valence-electron chi connectivity index (χ4n) is 2.58. The minimum absolute atomic E-state index is 0.140. The number of nitrogens with zero attached hydrogens (tertiary/aromatic N) is 1. The number of hydrogen-bond acceptors (Lipinski definition) is 6. The van der Waals surface area contributed by atoms with Crippen LogP contribution in [0.25, 0.3) is 6.08 Å². The molecule has 0 N–H and O–H groups in total. The van der Waals surface area contributed by atoms with Crippen molar-refractivity contribution in [3.63, 3.8) is 0 Å². The minimum Gasteiger partial charge on any atom is -0.481 e. The number of amides is 1. The SMILES string of the molecule is COC(=O)COc1ccccc1C=C1SC(=S)N(Cc2ccc(C)cc2)C1=O. The molecule has 0 aromatic heterocycles. The summed E-state index contributed by atoms with van der Waals surface area (Å²) in [7, 11) is 1.30. The summed E-state index contributed by atoms with van der Waals surface area (Å²) in [5, 5.41) is 0. The summed E-state index contributed by atoms with van der Waals surface area (Å²) in [6.45, 7) is 2.25. The molecule has 3 rings (SSSR count). The quantitative estimate of drug-likeness (QED) is 0.406. The third-order valence-electron chi connectivity index (χ3n) is 4.11. The Labute approximate surface area is 173 Å². The third-order valence-corrected chi connectivity index (χ3v) is 5.49. The molecule has 0 bridgehead atoms. The molecule has 28 heavy (non-hydrogen) atoms. The molecule has 2 aromatic carbocycles. The van der Waals surface area contributed by atoms with E-state index in [1.165, 1.54) is 18.9 Å². The number of carbonyl (C=O) groups excluding carboxylic acids is 2. The molecule has 0 radical (unpaired) electrons. The summed E-state index contributed by atoms with van der Waals surface area (Å²) in [6.07, 6.45) is 1.74. The van der Waals surface area contributed by atoms with Crippen LogP contribution in [-0.2, 0) is 20.9 Å². The van der Waals surface area contributed by atoms with Gasteiger partial charge in [-0.15, -0.1) is 0 Å². The van der Waals surface area contributed by atoms with Gasteiger partial charge in [0.25, 0.3) is 5.91 Å². The largest absolute Gasteiger partial charge is 0.481 e. The second kappa shape index (κ2) is 9.03. The number of para-hydroxylation sites is 1. The van der Waals surface area contributed by atoms with Gasteiger partial charge in [0.1, 0.15) is 10.1 Å². The van der Waals surface area contributed by atoms with Crippen molar-refractivity contribution < 1.29 is 19.1 Å². The van der Waals surface area contributed by atoms with Crippen LogP contribution in [0.15, 0.2) is 53.4 Å². The lowest BCUT2D eigenvalue weighted by atomic mass is 10.1. The van der Waals surface area contributed by atoms with E-state index < -0.39 is 5.97 Å². The lowest BCUT2D eigenvalue weighted by Crippen LogP contribution is -2.27. The molecule has 1 aliphatic heterocycles. The van der Waals surface area contributed by atoms with Crippen LogP contribution in [0.2, 0.25) is 0 Å². The van der Waals surface area contributed by atoms with E-state index >= 15 is 0 Å². The van der Waals surface area contributed by atoms with E-state index in [-0.39, 0.29) is 12.5 Å². The summed E-state index contributed by atoms with van der Waals surface area (Å²) in [5.74, 6) is -0.116. The second-order valence-corrected chi connectivity index (χ2v) is 7.83. The molecule has 0 spiro atoms. The zero-order valence-electron chi connectivity index (χ0n) is 15.5. The molecule has 1 fully saturated rings. The van der Waals surface area contributed by atoms with Crippen LogP contribution in [0.1, 0.15) is 16.7 Å². The number of thiocarbonyl (C=S) groups is 1. The predicted octanol–water partition coefficient (Wildman–Crippen LogP) is 3.95. The molecule has 0 saturated carbocycles. The van der Waals surface area contributed by atoms with Crippen molar-refractivity contribution in [2.24, 2.45) is 0 Å². The van der Waals surface area contributed by atoms with Crippen LogP contribution in [0.4, 0.5) is 0 Å². The molecular weight excluding hydrogens is 394 g/mol. The van der Waals surface area contributed by atoms with Crippen molar-refractivity contribution in [2.45, 2.75) is 13.5 Å². The van der Waals surface area contributed by atoms with E-state index in [1.54, 1.807) is 23.1 Å². The van der Waals surface area contributed by atoms with Crippen molar-refractivity contribution in [3.05, 3.63) is 70.1 Å². The molecule has 1 amide bonds. The van der Waals surface area contributed by atoms with Gasteiger partial charge in [0, 0.05) is 5.56 Å². The molecule has 1 aliphatic rings. The maximum atomic E-state index is 12.8. The molecule has 7 heteroatoms. The lowest BCUT2D eigenvalue weighted by molar-refractivity contribution is -0.142. The second-order valence-electron chi connectivity index (χ2n) is 6.16. The molecular formula is C21H19NO4S2. The average molecular weight is 414 g/mol. The fraction of sp³-hybridized carbons (Fsp3) is 0.190. The first kappa shape index (κ1) is 20.1. The fourth-order valence-corrected chi connectivity index (χ4v) is 3.83. The van der Waals surface area contributed by atoms with Crippen molar-refractivity contribution in [1.29, 1.82) is 0 Å². The van der Waals surface area contributed by atoms with E-state index in [4.69, 9.17) is 17.0 Å². The van der Waals surface area contributed by atoms with Crippen molar-refractivity contribution >= 4 is 46.3 Å². The molecule has 144 valence electrons. The highest BCUT2D eigenvalue weighted by atomic mass is 32.2. The van der Waals surface area contributed by atoms with Gasteiger partial charge in [0.2, 0.25) is 0 Å². The number of esters is 1. The number of ether oxygens (including phenoxy) is 2. The standard InChI is InChI=1S/C21H19NO4S2/c1-14-7-9-15(10-8-14)12-22-20(24)18(28-21(22)27)11-16-5-3-4-6-17(16)26-13-19(23)25-2/h3-11H,12-13H2,1-2H3. The van der Waals surface area contributed by atoms with Gasteiger partial charge in [-0.2, -0.15) is 0 Å². The molecule has 2 aromatic rings. The topological polar surface area (TPSA) is 55.8 Å². The van der Waals surface area contributed by atoms with Crippen molar-refractivity contribution in [2.75, 3.05) is 13.7 Å². The number of methoxy groups -OCH3 is 1. The maximum Gasteiger partial charge on any atom is 0.343 e. The Bertz CT molecular complexity index is 938. The van der Waals surface area contributed by atoms with E-state index in [0.717, 1.165) is 11.1 Å². The smallest absolute Gasteiger partial charge is 0.343 e. The first-order chi connectivity index (χ1) is 13.5. The molecule has 0 aliphatic carbocycles. The molecule has 1 heterocycles. The molecule has 0 atom stereocenters. The number of rotatable bonds is 6. The van der Waals surface area contributed by atoms with Crippen molar-refractivity contribution in [1.82, 2.24) is 4.90 Å². The van der Waals surface area contributed by atoms with Crippen LogP contribution in [0.5, 0.6) is 5.75 Å². The monoisotopic (exact) mass is 413 g/mol. The Morgan fingerprint density at radius 2 is 1.89 bits per heavy atom. The van der Waals surface area contributed by atoms with Gasteiger partial charge in [-0.25, -0.2) is 4.79 Å². The number of carbonyl (C=O) groups is 2. The third kappa shape index (κ3) is 4.79. The van der Waals surface area contributed by atoms with Gasteiger partial charge in [-0.05, 0) is 24.6 Å². The highest BCUT2D eigenvalue weighted by Gasteiger charge is 2.32. The van der Waals surface area contributed by atoms with E-state index in [0.29, 0.717) is 27.1 Å². The zero-order valence-corrected chi connectivity index (χ0v) is 17.1. The van der Waals surface area contributed by atoms with Crippen LogP contribution in [0.3, 0.4) is 0 Å². The number of benzene rings is 2. The Morgan fingerprint density at radius 3 is 2.61 bits per heavy atom. The van der Waals surface area contributed by atoms with Gasteiger partial charge in [-0.3, -0.25) is 9.69 Å². The maximum absolute atomic E-state index is 12.8. The Morgan fingerprint density at radius 1 is 1.18 bits per heavy atom. The van der Waals surface area contributed by atoms with E-state index in [2.05, 4.69) is 4.74 Å². The number of aryl methyl sites for hydroxylation is 1. The lowest BCUT2D eigenvalue weighted by Gasteiger charge is -2.14. The van der Waals surface area contributed by atoms with Gasteiger partial charge < -0.3 is 9.47 Å². The van der Waals surface area contributed by atoms with Crippen LogP contribution < -0.4 is 4.74 Å². The highest BCUT2D eigenvalue weighted by Crippen LogP contribution is 2.35. The van der Waals surface area contributed by atoms with Gasteiger partial charge in [0.15, 0.2) is 6.61 Å². The van der Waals surface area contributed by atoms with Crippen LogP contribution in [-0.4, -0.2) is 34.8 Å². The van der Waals surface area contributed by atoms with Gasteiger partial charge in [-0.1, -0.05) is 72.0 Å². The Kier molecular flexibility index (Phi) is 6.49. The summed E-state index contributed by atoms with van der Waals surface area (Å²) in [6, 6.07) is 15.2. The highest BCUT2D eigenvalue weighted by molar-refractivity contribution is 8.26. The summed E-state index contributed by atoms with van der Waals surface area (Å²) in [4.78, 5) is 26.3. The predicted molar refractivity (Wildman–Crippen MR) is 114 cm³/mol. The molecule has 1 saturated heterocycles. The van der Waals surface area contributed by atoms with E-state index in [1.807, 2.05) is 43.3 Å². The molecule has 0 unspecified atom stereocenters. The van der Waals surface area contributed by atoms with Crippen molar-refractivity contribution in [3.8, 4) is 5.75 Å². The first-order valence-corrected chi connectivity index (χ1v) is 9.80. The van der Waals surface area contributed by atoms with Gasteiger partial charge >= 0.3 is 5.97 Å². The normalized spacial score (nSPS) is 15.2. The van der Waals surface area contributed by atoms with Gasteiger partial charge in [0.05, 0.1) is 18.6 Å². The number of hydrogen-bond donors (Lipinski definition) is 0. The Balaban J connectivity index is 1.78. The number of thioether (sulfide) groups is 1. The summed E-state index contributed by atoms with van der Waals surface area (Å²) >= 11 is 6.66. The molecule has 5 nitrogen and oxygen atoms in total.